The lowest BCUT2D eigenvalue weighted by Gasteiger charge is -2.34. The molecule has 3 heterocycles. The number of hydrogen-bond acceptors (Lipinski definition) is 4. The van der Waals surface area contributed by atoms with Gasteiger partial charge in [0.25, 0.3) is 5.91 Å². The molecule has 0 spiro atoms. The Bertz CT molecular complexity index is 485. The van der Waals surface area contributed by atoms with Gasteiger partial charge in [-0.2, -0.15) is 5.10 Å². The fourth-order valence-corrected chi connectivity index (χ4v) is 3.39. The molecule has 128 valence electrons. The molecule has 0 bridgehead atoms. The van der Waals surface area contributed by atoms with Crippen LogP contribution < -0.4 is 0 Å². The lowest BCUT2D eigenvalue weighted by Crippen LogP contribution is -2.46. The second-order valence-corrected chi connectivity index (χ2v) is 6.53. The lowest BCUT2D eigenvalue weighted by molar-refractivity contribution is -0.147. The van der Waals surface area contributed by atoms with Gasteiger partial charge in [-0.1, -0.05) is 0 Å². The quantitative estimate of drug-likeness (QED) is 0.832. The molecule has 0 radical (unpaired) electrons. The normalized spacial score (nSPS) is 26.9. The molecule has 1 aromatic rings. The molecule has 0 aromatic carbocycles. The minimum atomic E-state index is -0.406. The zero-order chi connectivity index (χ0) is 16.1. The average Bonchev–Trinajstić information content (AvgIpc) is 3.15. The van der Waals surface area contributed by atoms with Crippen molar-refractivity contribution in [3.05, 3.63) is 18.5 Å². The number of amides is 1. The monoisotopic (exact) mass is 321 g/mol. The van der Waals surface area contributed by atoms with Crippen LogP contribution in [0.2, 0.25) is 0 Å². The molecular formula is C17H27N3O3. The van der Waals surface area contributed by atoms with E-state index in [1.54, 1.807) is 6.20 Å². The molecule has 1 amide bonds. The van der Waals surface area contributed by atoms with Crippen LogP contribution in [0.15, 0.2) is 18.5 Å². The van der Waals surface area contributed by atoms with Gasteiger partial charge in [0.2, 0.25) is 0 Å². The summed E-state index contributed by atoms with van der Waals surface area (Å²) in [4.78, 5) is 14.5. The maximum atomic E-state index is 12.6. The van der Waals surface area contributed by atoms with E-state index in [0.717, 1.165) is 38.8 Å². The molecular weight excluding hydrogens is 294 g/mol. The van der Waals surface area contributed by atoms with E-state index in [2.05, 4.69) is 5.10 Å². The van der Waals surface area contributed by atoms with Gasteiger partial charge in [0.05, 0.1) is 18.8 Å². The van der Waals surface area contributed by atoms with Gasteiger partial charge in [0, 0.05) is 32.1 Å². The second-order valence-electron chi connectivity index (χ2n) is 6.53. The van der Waals surface area contributed by atoms with E-state index in [1.807, 2.05) is 28.8 Å². The van der Waals surface area contributed by atoms with Gasteiger partial charge in [0.15, 0.2) is 0 Å². The highest BCUT2D eigenvalue weighted by atomic mass is 16.5. The van der Waals surface area contributed by atoms with E-state index < -0.39 is 6.10 Å². The highest BCUT2D eigenvalue weighted by Gasteiger charge is 2.28. The molecule has 2 aliphatic heterocycles. The first-order chi connectivity index (χ1) is 11.2. The minimum Gasteiger partial charge on any atom is -0.376 e. The maximum Gasteiger partial charge on any atom is 0.251 e. The zero-order valence-corrected chi connectivity index (χ0v) is 13.9. The van der Waals surface area contributed by atoms with E-state index in [4.69, 9.17) is 9.47 Å². The summed E-state index contributed by atoms with van der Waals surface area (Å²) in [6.45, 7) is 4.71. The van der Waals surface area contributed by atoms with E-state index in [0.29, 0.717) is 13.2 Å². The summed E-state index contributed by atoms with van der Waals surface area (Å²) in [6.07, 6.45) is 8.93. The first-order valence-corrected chi connectivity index (χ1v) is 8.75. The Morgan fingerprint density at radius 1 is 1.39 bits per heavy atom. The Kier molecular flexibility index (Phi) is 5.67. The van der Waals surface area contributed by atoms with Crippen LogP contribution in [0.5, 0.6) is 0 Å². The predicted octanol–water partition coefficient (Wildman–Crippen LogP) is 2.02. The van der Waals surface area contributed by atoms with E-state index in [-0.39, 0.29) is 18.1 Å². The molecule has 3 atom stereocenters. The summed E-state index contributed by atoms with van der Waals surface area (Å²) in [5.41, 5.74) is 0. The topological polar surface area (TPSA) is 56.6 Å². The summed E-state index contributed by atoms with van der Waals surface area (Å²) in [5, 5.41) is 4.31. The predicted molar refractivity (Wildman–Crippen MR) is 86.1 cm³/mol. The molecule has 0 N–H and O–H groups in total. The van der Waals surface area contributed by atoms with E-state index in [1.165, 1.54) is 6.42 Å². The van der Waals surface area contributed by atoms with E-state index in [9.17, 15) is 4.79 Å². The van der Waals surface area contributed by atoms with Crippen LogP contribution in [0.1, 0.15) is 45.1 Å². The minimum absolute atomic E-state index is 0.0812. The smallest absolute Gasteiger partial charge is 0.251 e. The molecule has 23 heavy (non-hydrogen) atoms. The molecule has 0 saturated carbocycles. The number of likely N-dealkylation sites (tertiary alicyclic amines) is 1. The molecule has 0 unspecified atom stereocenters. The number of carbonyl (C=O) groups excluding carboxylic acids is 1. The Hall–Kier alpha value is -1.40. The number of ether oxygens (including phenoxy) is 2. The molecule has 2 aliphatic rings. The Labute approximate surface area is 137 Å². The SMILES string of the molecule is C[C@H](OC[C@H]1CCCCO1)C(=O)N1CCC[C@@H](n2cccn2)C1. The number of aromatic nitrogens is 2. The van der Waals surface area contributed by atoms with Crippen LogP contribution in [0.25, 0.3) is 0 Å². The van der Waals surface area contributed by atoms with Crippen molar-refractivity contribution in [2.45, 2.75) is 57.3 Å². The Morgan fingerprint density at radius 2 is 2.30 bits per heavy atom. The Balaban J connectivity index is 1.48. The van der Waals surface area contributed by atoms with Crippen molar-refractivity contribution in [1.82, 2.24) is 14.7 Å². The lowest BCUT2D eigenvalue weighted by atomic mass is 10.1. The van der Waals surface area contributed by atoms with Gasteiger partial charge in [0.1, 0.15) is 6.10 Å². The fourth-order valence-electron chi connectivity index (χ4n) is 3.39. The maximum absolute atomic E-state index is 12.6. The van der Waals surface area contributed by atoms with Crippen molar-refractivity contribution >= 4 is 5.91 Å². The number of hydrogen-bond donors (Lipinski definition) is 0. The van der Waals surface area contributed by atoms with Crippen molar-refractivity contribution in [2.24, 2.45) is 0 Å². The van der Waals surface area contributed by atoms with Crippen LogP contribution in [0.4, 0.5) is 0 Å². The van der Waals surface area contributed by atoms with Crippen LogP contribution in [-0.2, 0) is 14.3 Å². The van der Waals surface area contributed by atoms with Gasteiger partial charge in [-0.25, -0.2) is 0 Å². The third-order valence-electron chi connectivity index (χ3n) is 4.76. The third kappa shape index (κ3) is 4.32. The fraction of sp³-hybridized carbons (Fsp3) is 0.765. The van der Waals surface area contributed by atoms with Crippen molar-refractivity contribution in [1.29, 1.82) is 0 Å². The second kappa shape index (κ2) is 7.93. The molecule has 6 heteroatoms. The highest BCUT2D eigenvalue weighted by molar-refractivity contribution is 5.80. The van der Waals surface area contributed by atoms with Gasteiger partial charge in [-0.05, 0) is 45.1 Å². The third-order valence-corrected chi connectivity index (χ3v) is 4.76. The summed E-state index contributed by atoms with van der Waals surface area (Å²) in [6, 6.07) is 2.20. The average molecular weight is 321 g/mol. The van der Waals surface area contributed by atoms with Crippen LogP contribution in [0, 0.1) is 0 Å². The van der Waals surface area contributed by atoms with Crippen molar-refractivity contribution in [3.63, 3.8) is 0 Å². The molecule has 2 fully saturated rings. The zero-order valence-electron chi connectivity index (χ0n) is 13.9. The van der Waals surface area contributed by atoms with Crippen LogP contribution >= 0.6 is 0 Å². The number of piperidine rings is 1. The van der Waals surface area contributed by atoms with Gasteiger partial charge in [-0.15, -0.1) is 0 Å². The van der Waals surface area contributed by atoms with Crippen LogP contribution in [0.3, 0.4) is 0 Å². The number of rotatable bonds is 5. The molecule has 1 aromatic heterocycles. The summed E-state index contributed by atoms with van der Waals surface area (Å²) in [7, 11) is 0. The number of nitrogens with zero attached hydrogens (tertiary/aromatic N) is 3. The largest absolute Gasteiger partial charge is 0.376 e. The van der Waals surface area contributed by atoms with Gasteiger partial charge >= 0.3 is 0 Å². The van der Waals surface area contributed by atoms with Crippen LogP contribution in [-0.4, -0.2) is 59.1 Å². The van der Waals surface area contributed by atoms with Gasteiger partial charge in [-0.3, -0.25) is 9.48 Å². The molecule has 3 rings (SSSR count). The van der Waals surface area contributed by atoms with Crippen molar-refractivity contribution in [3.8, 4) is 0 Å². The van der Waals surface area contributed by atoms with Crippen molar-refractivity contribution < 1.29 is 14.3 Å². The van der Waals surface area contributed by atoms with E-state index >= 15 is 0 Å². The van der Waals surface area contributed by atoms with Crippen molar-refractivity contribution in [2.75, 3.05) is 26.3 Å². The molecule has 2 saturated heterocycles. The van der Waals surface area contributed by atoms with Gasteiger partial charge < -0.3 is 14.4 Å². The highest BCUT2D eigenvalue weighted by Crippen LogP contribution is 2.21. The first kappa shape index (κ1) is 16.5. The summed E-state index contributed by atoms with van der Waals surface area (Å²) in [5.74, 6) is 0.0812. The summed E-state index contributed by atoms with van der Waals surface area (Å²) < 4.78 is 13.4. The molecule has 0 aliphatic carbocycles. The molecule has 6 nitrogen and oxygen atoms in total. The Morgan fingerprint density at radius 3 is 3.04 bits per heavy atom. The first-order valence-electron chi connectivity index (χ1n) is 8.75. The summed E-state index contributed by atoms with van der Waals surface area (Å²) >= 11 is 0. The standard InChI is InChI=1S/C17H27N3O3/c1-14(23-13-16-7-2-3-11-22-16)17(21)19-9-4-6-15(12-19)20-10-5-8-18-20/h5,8,10,14-16H,2-4,6-7,9,11-13H2,1H3/t14-,15+,16+/m0/s1. The number of carbonyl (C=O) groups is 1.